The maximum absolute atomic E-state index is 11.7. The molecule has 0 spiro atoms. The van der Waals surface area contributed by atoms with Crippen molar-refractivity contribution in [1.29, 1.82) is 0 Å². The zero-order valence-corrected chi connectivity index (χ0v) is 11.6. The molecular weight excluding hydrogens is 258 g/mol. The van der Waals surface area contributed by atoms with Gasteiger partial charge in [0.25, 0.3) is 0 Å². The van der Waals surface area contributed by atoms with Gasteiger partial charge in [0.15, 0.2) is 5.01 Å². The summed E-state index contributed by atoms with van der Waals surface area (Å²) in [6.07, 6.45) is 0. The van der Waals surface area contributed by atoms with E-state index in [-0.39, 0.29) is 5.97 Å². The van der Waals surface area contributed by atoms with Crippen LogP contribution >= 0.6 is 11.3 Å². The van der Waals surface area contributed by atoms with E-state index in [9.17, 15) is 4.79 Å². The fourth-order valence-corrected chi connectivity index (χ4v) is 2.30. The first-order valence-electron chi connectivity index (χ1n) is 5.92. The van der Waals surface area contributed by atoms with Crippen molar-refractivity contribution in [2.75, 3.05) is 6.61 Å². The molecule has 0 atom stereocenters. The van der Waals surface area contributed by atoms with Crippen LogP contribution in [0.5, 0.6) is 0 Å². The molecule has 0 amide bonds. The molecule has 0 saturated heterocycles. The van der Waals surface area contributed by atoms with E-state index in [1.165, 1.54) is 11.3 Å². The smallest absolute Gasteiger partial charge is 0.350 e. The molecule has 0 aliphatic rings. The van der Waals surface area contributed by atoms with Crippen LogP contribution in [0.15, 0.2) is 30.3 Å². The van der Waals surface area contributed by atoms with Gasteiger partial charge >= 0.3 is 5.97 Å². The molecule has 1 aromatic carbocycles. The number of carbonyl (C=O) groups excluding carboxylic acids is 1. The second-order valence-electron chi connectivity index (χ2n) is 3.77. The van der Waals surface area contributed by atoms with Crippen molar-refractivity contribution >= 4 is 17.3 Å². The standard InChI is InChI=1S/C15H13NO2S/c1-3-18-15(17)14-11(2)16-13(19-14)10-9-12-7-5-4-6-8-12/h4-8H,3H2,1-2H3. The summed E-state index contributed by atoms with van der Waals surface area (Å²) in [4.78, 5) is 16.5. The zero-order valence-electron chi connectivity index (χ0n) is 10.8. The Hall–Kier alpha value is -2.12. The van der Waals surface area contributed by atoms with Crippen LogP contribution in [-0.4, -0.2) is 17.6 Å². The number of hydrogen-bond donors (Lipinski definition) is 0. The van der Waals surface area contributed by atoms with E-state index >= 15 is 0 Å². The van der Waals surface area contributed by atoms with Gasteiger partial charge in [-0.25, -0.2) is 9.78 Å². The molecule has 2 aromatic rings. The molecule has 3 nitrogen and oxygen atoms in total. The number of ether oxygens (including phenoxy) is 1. The van der Waals surface area contributed by atoms with Crippen LogP contribution < -0.4 is 0 Å². The minimum absolute atomic E-state index is 0.328. The molecule has 0 radical (unpaired) electrons. The predicted molar refractivity (Wildman–Crippen MR) is 75.2 cm³/mol. The number of thiazole rings is 1. The molecule has 0 aliphatic carbocycles. The summed E-state index contributed by atoms with van der Waals surface area (Å²) in [5.74, 6) is 5.66. The van der Waals surface area contributed by atoms with Gasteiger partial charge in [-0.3, -0.25) is 0 Å². The average Bonchev–Trinajstić information content (AvgIpc) is 2.79. The number of aromatic nitrogens is 1. The highest BCUT2D eigenvalue weighted by Gasteiger charge is 2.15. The van der Waals surface area contributed by atoms with Crippen LogP contribution in [0.3, 0.4) is 0 Å². The first-order chi connectivity index (χ1) is 9.20. The highest BCUT2D eigenvalue weighted by Crippen LogP contribution is 2.18. The Morgan fingerprint density at radius 3 is 2.74 bits per heavy atom. The van der Waals surface area contributed by atoms with Crippen molar-refractivity contribution in [2.24, 2.45) is 0 Å². The third-order valence-electron chi connectivity index (χ3n) is 2.34. The van der Waals surface area contributed by atoms with Crippen molar-refractivity contribution in [3.63, 3.8) is 0 Å². The molecule has 0 unspecified atom stereocenters. The number of aryl methyl sites for hydroxylation is 1. The third-order valence-corrected chi connectivity index (χ3v) is 3.40. The van der Waals surface area contributed by atoms with E-state index in [1.54, 1.807) is 13.8 Å². The fourth-order valence-electron chi connectivity index (χ4n) is 1.48. The van der Waals surface area contributed by atoms with Crippen LogP contribution in [0.2, 0.25) is 0 Å². The minimum Gasteiger partial charge on any atom is -0.462 e. The van der Waals surface area contributed by atoms with E-state index < -0.39 is 0 Å². The second-order valence-corrected chi connectivity index (χ2v) is 4.77. The normalized spacial score (nSPS) is 9.58. The van der Waals surface area contributed by atoms with Crippen molar-refractivity contribution in [1.82, 2.24) is 4.98 Å². The quantitative estimate of drug-likeness (QED) is 0.622. The number of hydrogen-bond acceptors (Lipinski definition) is 4. The Morgan fingerprint density at radius 2 is 2.05 bits per heavy atom. The van der Waals surface area contributed by atoms with Crippen LogP contribution in [-0.2, 0) is 4.74 Å². The molecule has 4 heteroatoms. The number of benzene rings is 1. The molecule has 2 rings (SSSR count). The molecular formula is C15H13NO2S. The number of rotatable bonds is 2. The largest absolute Gasteiger partial charge is 0.462 e. The summed E-state index contributed by atoms with van der Waals surface area (Å²) in [7, 11) is 0. The van der Waals surface area contributed by atoms with E-state index in [4.69, 9.17) is 4.74 Å². The molecule has 96 valence electrons. The summed E-state index contributed by atoms with van der Waals surface area (Å²) in [5, 5.41) is 0.629. The van der Waals surface area contributed by atoms with Gasteiger partial charge in [-0.15, -0.1) is 0 Å². The van der Waals surface area contributed by atoms with Gasteiger partial charge < -0.3 is 4.74 Å². The van der Waals surface area contributed by atoms with Crippen molar-refractivity contribution < 1.29 is 9.53 Å². The van der Waals surface area contributed by atoms with Crippen LogP contribution in [0.1, 0.15) is 32.9 Å². The molecule has 0 bridgehead atoms. The highest BCUT2D eigenvalue weighted by atomic mass is 32.1. The second kappa shape index (κ2) is 6.17. The van der Waals surface area contributed by atoms with Crippen LogP contribution in [0.4, 0.5) is 0 Å². The van der Waals surface area contributed by atoms with Crippen LogP contribution in [0, 0.1) is 18.8 Å². The van der Waals surface area contributed by atoms with E-state index in [2.05, 4.69) is 16.8 Å². The highest BCUT2D eigenvalue weighted by molar-refractivity contribution is 7.14. The number of carbonyl (C=O) groups is 1. The van der Waals surface area contributed by atoms with E-state index in [1.807, 2.05) is 30.3 Å². The fraction of sp³-hybridized carbons (Fsp3) is 0.200. The van der Waals surface area contributed by atoms with Crippen molar-refractivity contribution in [3.8, 4) is 11.8 Å². The van der Waals surface area contributed by atoms with Gasteiger partial charge in [0, 0.05) is 5.56 Å². The van der Waals surface area contributed by atoms with E-state index in [0.29, 0.717) is 22.2 Å². The predicted octanol–water partition coefficient (Wildman–Crippen LogP) is 3.03. The molecule has 0 aliphatic heterocycles. The summed E-state index contributed by atoms with van der Waals surface area (Å²) in [6, 6.07) is 9.67. The molecule has 19 heavy (non-hydrogen) atoms. The minimum atomic E-state index is -0.328. The Kier molecular flexibility index (Phi) is 4.32. The van der Waals surface area contributed by atoms with Crippen molar-refractivity contribution in [3.05, 3.63) is 51.5 Å². The Morgan fingerprint density at radius 1 is 1.32 bits per heavy atom. The summed E-state index contributed by atoms with van der Waals surface area (Å²) < 4.78 is 4.97. The number of nitrogens with zero attached hydrogens (tertiary/aromatic N) is 1. The average molecular weight is 271 g/mol. The van der Waals surface area contributed by atoms with Gasteiger partial charge in [-0.2, -0.15) is 0 Å². The first kappa shape index (κ1) is 13.3. The molecule has 0 fully saturated rings. The van der Waals surface area contributed by atoms with Crippen LogP contribution in [0.25, 0.3) is 0 Å². The molecule has 1 aromatic heterocycles. The van der Waals surface area contributed by atoms with E-state index in [0.717, 1.165) is 5.56 Å². The topological polar surface area (TPSA) is 39.2 Å². The lowest BCUT2D eigenvalue weighted by Crippen LogP contribution is -2.03. The lowest BCUT2D eigenvalue weighted by atomic mass is 10.2. The Balaban J connectivity index is 2.22. The van der Waals surface area contributed by atoms with Gasteiger partial charge in [0.2, 0.25) is 0 Å². The molecule has 1 heterocycles. The van der Waals surface area contributed by atoms with Gasteiger partial charge in [0.1, 0.15) is 4.88 Å². The Bertz CT molecular complexity index is 635. The maximum Gasteiger partial charge on any atom is 0.350 e. The van der Waals surface area contributed by atoms with Crippen molar-refractivity contribution in [2.45, 2.75) is 13.8 Å². The molecule has 0 saturated carbocycles. The first-order valence-corrected chi connectivity index (χ1v) is 6.74. The third kappa shape index (κ3) is 3.43. The lowest BCUT2D eigenvalue weighted by Gasteiger charge is -1.97. The van der Waals surface area contributed by atoms with Gasteiger partial charge in [-0.1, -0.05) is 35.5 Å². The maximum atomic E-state index is 11.7. The monoisotopic (exact) mass is 271 g/mol. The van der Waals surface area contributed by atoms with Gasteiger partial charge in [-0.05, 0) is 31.9 Å². The Labute approximate surface area is 116 Å². The zero-order chi connectivity index (χ0) is 13.7. The summed E-state index contributed by atoms with van der Waals surface area (Å²) in [5.41, 5.74) is 1.59. The SMILES string of the molecule is CCOC(=O)c1sc(C#Cc2ccccc2)nc1C. The lowest BCUT2D eigenvalue weighted by molar-refractivity contribution is 0.0531. The summed E-state index contributed by atoms with van der Waals surface area (Å²) in [6.45, 7) is 3.93. The number of esters is 1. The van der Waals surface area contributed by atoms with Gasteiger partial charge in [0.05, 0.1) is 12.3 Å². The molecule has 0 N–H and O–H groups in total. The summed E-state index contributed by atoms with van der Waals surface area (Å²) >= 11 is 1.27.